The van der Waals surface area contributed by atoms with Gasteiger partial charge < -0.3 is 10.1 Å². The Balaban J connectivity index is 1.60. The molecule has 6 heteroatoms. The van der Waals surface area contributed by atoms with E-state index in [1.807, 2.05) is 35.9 Å². The maximum absolute atomic E-state index is 13.1. The summed E-state index contributed by atoms with van der Waals surface area (Å²) in [5, 5.41) is 8.52. The highest BCUT2D eigenvalue weighted by Gasteiger charge is 2.38. The molecule has 1 fully saturated rings. The number of pyridine rings is 1. The number of nitrogens with one attached hydrogen (secondary N) is 1. The third kappa shape index (κ3) is 3.55. The number of aryl methyl sites for hydroxylation is 1. The van der Waals surface area contributed by atoms with E-state index in [0.717, 1.165) is 48.2 Å². The molecule has 1 aliphatic carbocycles. The van der Waals surface area contributed by atoms with Crippen LogP contribution in [0, 0.1) is 6.92 Å². The van der Waals surface area contributed by atoms with E-state index in [0.29, 0.717) is 12.1 Å². The lowest BCUT2D eigenvalue weighted by atomic mass is 9.78. The van der Waals surface area contributed by atoms with E-state index >= 15 is 0 Å². The summed E-state index contributed by atoms with van der Waals surface area (Å²) < 4.78 is 7.52. The fourth-order valence-corrected chi connectivity index (χ4v) is 4.69. The second-order valence-electron chi connectivity index (χ2n) is 8.59. The normalized spacial score (nSPS) is 15.6. The predicted octanol–water partition coefficient (Wildman–Crippen LogP) is 4.57. The van der Waals surface area contributed by atoms with Crippen LogP contribution in [0.4, 0.5) is 0 Å². The van der Waals surface area contributed by atoms with Gasteiger partial charge in [0.2, 0.25) is 0 Å². The molecule has 1 saturated carbocycles. The summed E-state index contributed by atoms with van der Waals surface area (Å²) >= 11 is 0. The molecular weight excluding hydrogens is 376 g/mol. The van der Waals surface area contributed by atoms with Gasteiger partial charge in [-0.05, 0) is 45.7 Å². The Morgan fingerprint density at radius 1 is 1.27 bits per heavy atom. The van der Waals surface area contributed by atoms with Gasteiger partial charge in [-0.1, -0.05) is 31.0 Å². The van der Waals surface area contributed by atoms with E-state index in [4.69, 9.17) is 4.74 Å². The van der Waals surface area contributed by atoms with Gasteiger partial charge in [-0.15, -0.1) is 0 Å². The number of hydrogen-bond donors (Lipinski definition) is 1. The number of rotatable bonds is 6. The summed E-state index contributed by atoms with van der Waals surface area (Å²) in [6, 6.07) is 10.3. The molecule has 1 aliphatic rings. The van der Waals surface area contributed by atoms with Gasteiger partial charge in [-0.2, -0.15) is 5.10 Å². The Kier molecular flexibility index (Phi) is 5.50. The molecule has 1 N–H and O–H groups in total. The minimum atomic E-state index is -0.0871. The van der Waals surface area contributed by atoms with Crippen LogP contribution in [-0.2, 0) is 5.41 Å². The maximum Gasteiger partial charge on any atom is 0.253 e. The Hall–Kier alpha value is -2.89. The van der Waals surface area contributed by atoms with Gasteiger partial charge in [0.25, 0.3) is 5.91 Å². The number of benzene rings is 1. The molecule has 30 heavy (non-hydrogen) atoms. The number of aromatic nitrogens is 3. The Bertz CT molecular complexity index is 1060. The molecule has 0 spiro atoms. The highest BCUT2D eigenvalue weighted by molar-refractivity contribution is 5.98. The van der Waals surface area contributed by atoms with E-state index < -0.39 is 0 Å². The van der Waals surface area contributed by atoms with Crippen molar-refractivity contribution < 1.29 is 9.53 Å². The predicted molar refractivity (Wildman–Crippen MR) is 118 cm³/mol. The number of ether oxygens (including phenoxy) is 1. The summed E-state index contributed by atoms with van der Waals surface area (Å²) in [6.07, 6.45) is 6.20. The van der Waals surface area contributed by atoms with Crippen LogP contribution in [0.15, 0.2) is 36.5 Å². The fourth-order valence-electron chi connectivity index (χ4n) is 4.69. The van der Waals surface area contributed by atoms with Crippen LogP contribution in [-0.4, -0.2) is 34.3 Å². The summed E-state index contributed by atoms with van der Waals surface area (Å²) in [4.78, 5) is 17.8. The van der Waals surface area contributed by atoms with Crippen molar-refractivity contribution >= 4 is 16.9 Å². The van der Waals surface area contributed by atoms with E-state index in [1.54, 1.807) is 13.3 Å². The molecule has 4 rings (SSSR count). The van der Waals surface area contributed by atoms with Crippen molar-refractivity contribution in [3.05, 3.63) is 53.3 Å². The van der Waals surface area contributed by atoms with Gasteiger partial charge in [-0.25, -0.2) is 9.67 Å². The summed E-state index contributed by atoms with van der Waals surface area (Å²) in [6.45, 7) is 6.62. The Labute approximate surface area is 177 Å². The molecule has 0 bridgehead atoms. The fraction of sp³-hybridized carbons (Fsp3) is 0.458. The first-order valence-electron chi connectivity index (χ1n) is 10.7. The first-order chi connectivity index (χ1) is 14.4. The van der Waals surface area contributed by atoms with Gasteiger partial charge in [-0.3, -0.25) is 4.79 Å². The smallest absolute Gasteiger partial charge is 0.253 e. The van der Waals surface area contributed by atoms with Crippen molar-refractivity contribution in [1.29, 1.82) is 0 Å². The van der Waals surface area contributed by atoms with E-state index in [2.05, 4.69) is 35.3 Å². The third-order valence-corrected chi connectivity index (χ3v) is 6.32. The standard InChI is InChI=1S/C24H30N4O2/c1-16(2)28-22-18(14-26-28)13-19(17(3)27-22)23(29)25-15-24(11-7-8-12-24)20-9-5-6-10-21(20)30-4/h5-6,9-10,13-14,16H,7-8,11-12,15H2,1-4H3,(H,25,29). The van der Waals surface area contributed by atoms with E-state index in [9.17, 15) is 4.79 Å². The van der Waals surface area contributed by atoms with Crippen molar-refractivity contribution in [1.82, 2.24) is 20.1 Å². The quantitative estimate of drug-likeness (QED) is 0.651. The lowest BCUT2D eigenvalue weighted by Gasteiger charge is -2.31. The number of carbonyl (C=O) groups is 1. The lowest BCUT2D eigenvalue weighted by molar-refractivity contribution is 0.0942. The molecule has 0 radical (unpaired) electrons. The number of nitrogens with zero attached hydrogens (tertiary/aromatic N) is 3. The van der Waals surface area contributed by atoms with Gasteiger partial charge in [0.1, 0.15) is 5.75 Å². The van der Waals surface area contributed by atoms with E-state index in [-0.39, 0.29) is 17.4 Å². The first-order valence-corrected chi connectivity index (χ1v) is 10.7. The minimum absolute atomic E-state index is 0.0830. The molecule has 3 aromatic rings. The van der Waals surface area contributed by atoms with Gasteiger partial charge >= 0.3 is 0 Å². The van der Waals surface area contributed by atoms with Crippen LogP contribution in [0.3, 0.4) is 0 Å². The molecule has 0 atom stereocenters. The van der Waals surface area contributed by atoms with Crippen molar-refractivity contribution in [3.63, 3.8) is 0 Å². The molecule has 1 aromatic carbocycles. The largest absolute Gasteiger partial charge is 0.496 e. The number of fused-ring (bicyclic) bond motifs is 1. The zero-order valence-electron chi connectivity index (χ0n) is 18.2. The average Bonchev–Trinajstić information content (AvgIpc) is 3.39. The van der Waals surface area contributed by atoms with Crippen LogP contribution >= 0.6 is 0 Å². The maximum atomic E-state index is 13.1. The number of para-hydroxylation sites is 1. The summed E-state index contributed by atoms with van der Waals surface area (Å²) in [5.74, 6) is 0.814. The van der Waals surface area contributed by atoms with Crippen LogP contribution in [0.2, 0.25) is 0 Å². The summed E-state index contributed by atoms with van der Waals surface area (Å²) in [5.41, 5.74) is 3.25. The highest BCUT2D eigenvalue weighted by atomic mass is 16.5. The van der Waals surface area contributed by atoms with Crippen molar-refractivity contribution in [2.45, 2.75) is 57.9 Å². The van der Waals surface area contributed by atoms with Gasteiger partial charge in [0.05, 0.1) is 24.6 Å². The van der Waals surface area contributed by atoms with Crippen molar-refractivity contribution in [3.8, 4) is 5.75 Å². The number of hydrogen-bond acceptors (Lipinski definition) is 4. The van der Waals surface area contributed by atoms with Crippen LogP contribution in [0.5, 0.6) is 5.75 Å². The molecule has 0 aliphatic heterocycles. The minimum Gasteiger partial charge on any atom is -0.496 e. The second-order valence-corrected chi connectivity index (χ2v) is 8.59. The third-order valence-electron chi connectivity index (χ3n) is 6.32. The zero-order chi connectivity index (χ0) is 21.3. The average molecular weight is 407 g/mol. The first kappa shape index (κ1) is 20.4. The van der Waals surface area contributed by atoms with Gasteiger partial charge in [0.15, 0.2) is 5.65 Å². The topological polar surface area (TPSA) is 69.0 Å². The van der Waals surface area contributed by atoms with Crippen LogP contribution in [0.25, 0.3) is 11.0 Å². The van der Waals surface area contributed by atoms with Crippen molar-refractivity contribution in [2.75, 3.05) is 13.7 Å². The SMILES string of the molecule is COc1ccccc1C1(CNC(=O)c2cc3cnn(C(C)C)c3nc2C)CCCC1. The second kappa shape index (κ2) is 8.09. The molecule has 2 aromatic heterocycles. The Morgan fingerprint density at radius 3 is 2.70 bits per heavy atom. The monoisotopic (exact) mass is 406 g/mol. The molecule has 1 amide bonds. The Morgan fingerprint density at radius 2 is 2.00 bits per heavy atom. The van der Waals surface area contributed by atoms with Crippen LogP contribution in [0.1, 0.15) is 67.2 Å². The van der Waals surface area contributed by atoms with Crippen molar-refractivity contribution in [2.24, 2.45) is 0 Å². The number of amides is 1. The van der Waals surface area contributed by atoms with Gasteiger partial charge in [0, 0.05) is 29.0 Å². The van der Waals surface area contributed by atoms with E-state index in [1.165, 1.54) is 5.56 Å². The molecule has 6 nitrogen and oxygen atoms in total. The molecule has 158 valence electrons. The van der Waals surface area contributed by atoms with Crippen LogP contribution < -0.4 is 10.1 Å². The molecule has 0 saturated heterocycles. The molecular formula is C24H30N4O2. The molecule has 2 heterocycles. The highest BCUT2D eigenvalue weighted by Crippen LogP contribution is 2.44. The zero-order valence-corrected chi connectivity index (χ0v) is 18.2. The number of carbonyl (C=O) groups excluding carboxylic acids is 1. The molecule has 0 unspecified atom stereocenters. The summed E-state index contributed by atoms with van der Waals surface area (Å²) in [7, 11) is 1.71. The number of methoxy groups -OCH3 is 1. The lowest BCUT2D eigenvalue weighted by Crippen LogP contribution is -2.39.